The van der Waals surface area contributed by atoms with E-state index in [4.69, 9.17) is 21.7 Å². The average Bonchev–Trinajstić information content (AvgIpc) is 3.10. The molecule has 0 spiro atoms. The Morgan fingerprint density at radius 3 is 2.48 bits per heavy atom. The molecule has 0 fully saturated rings. The van der Waals surface area contributed by atoms with E-state index in [1.807, 2.05) is 25.1 Å². The summed E-state index contributed by atoms with van der Waals surface area (Å²) in [7, 11) is 0. The highest BCUT2D eigenvalue weighted by molar-refractivity contribution is 7.71. The predicted molar refractivity (Wildman–Crippen MR) is 117 cm³/mol. The van der Waals surface area contributed by atoms with E-state index in [1.165, 1.54) is 16.6 Å². The summed E-state index contributed by atoms with van der Waals surface area (Å²) in [5.41, 5.74) is 3.43. The topological polar surface area (TPSA) is 64.4 Å². The van der Waals surface area contributed by atoms with E-state index in [9.17, 15) is 0 Å². The van der Waals surface area contributed by atoms with Gasteiger partial charge in [-0.05, 0) is 59.4 Å². The second-order valence-corrected chi connectivity index (χ2v) is 8.01. The third kappa shape index (κ3) is 5.54. The van der Waals surface area contributed by atoms with E-state index in [-0.39, 0.29) is 5.41 Å². The van der Waals surface area contributed by atoms with Gasteiger partial charge in [0.25, 0.3) is 0 Å². The SMILES string of the molecule is CCOc1cc(/C=N\n2cn[nH]c2=S)ccc1OCc1ccc(C(C)(C)C)cc1. The van der Waals surface area contributed by atoms with Gasteiger partial charge >= 0.3 is 0 Å². The van der Waals surface area contributed by atoms with Crippen LogP contribution < -0.4 is 9.47 Å². The molecule has 0 radical (unpaired) electrons. The number of hydrogen-bond donors (Lipinski definition) is 1. The molecule has 3 rings (SSSR count). The van der Waals surface area contributed by atoms with Crippen molar-refractivity contribution in [2.45, 2.75) is 39.7 Å². The molecule has 0 bridgehead atoms. The number of aromatic nitrogens is 3. The third-order valence-corrected chi connectivity index (χ3v) is 4.63. The van der Waals surface area contributed by atoms with Crippen LogP contribution in [0.3, 0.4) is 0 Å². The van der Waals surface area contributed by atoms with E-state index in [0.717, 1.165) is 11.1 Å². The number of aromatic amines is 1. The van der Waals surface area contributed by atoms with Crippen LogP contribution in [0.2, 0.25) is 0 Å². The number of rotatable bonds is 7. The molecular weight excluding hydrogens is 384 g/mol. The molecule has 1 heterocycles. The highest BCUT2D eigenvalue weighted by Crippen LogP contribution is 2.29. The van der Waals surface area contributed by atoms with Gasteiger partial charge in [-0.3, -0.25) is 5.10 Å². The van der Waals surface area contributed by atoms with E-state index in [1.54, 1.807) is 6.21 Å². The Morgan fingerprint density at radius 1 is 1.10 bits per heavy atom. The van der Waals surface area contributed by atoms with Gasteiger partial charge in [0.2, 0.25) is 4.77 Å². The van der Waals surface area contributed by atoms with E-state index in [0.29, 0.717) is 29.5 Å². The van der Waals surface area contributed by atoms with Crippen LogP contribution >= 0.6 is 12.2 Å². The molecule has 6 nitrogen and oxygen atoms in total. The Bertz CT molecular complexity index is 1030. The molecule has 0 saturated carbocycles. The summed E-state index contributed by atoms with van der Waals surface area (Å²) in [6.45, 7) is 9.58. The molecule has 3 aromatic rings. The monoisotopic (exact) mass is 410 g/mol. The van der Waals surface area contributed by atoms with Gasteiger partial charge < -0.3 is 9.47 Å². The van der Waals surface area contributed by atoms with Crippen LogP contribution in [0.25, 0.3) is 0 Å². The molecule has 0 aliphatic rings. The average molecular weight is 411 g/mol. The van der Waals surface area contributed by atoms with Gasteiger partial charge in [0.05, 0.1) is 12.8 Å². The molecule has 1 aromatic heterocycles. The van der Waals surface area contributed by atoms with Gasteiger partial charge in [-0.1, -0.05) is 45.0 Å². The third-order valence-electron chi connectivity index (χ3n) is 4.35. The van der Waals surface area contributed by atoms with Crippen LogP contribution in [0.4, 0.5) is 0 Å². The highest BCUT2D eigenvalue weighted by atomic mass is 32.1. The molecule has 2 aromatic carbocycles. The van der Waals surface area contributed by atoms with Crippen molar-refractivity contribution < 1.29 is 9.47 Å². The zero-order valence-corrected chi connectivity index (χ0v) is 18.0. The first-order valence-corrected chi connectivity index (χ1v) is 9.93. The summed E-state index contributed by atoms with van der Waals surface area (Å²) in [5.74, 6) is 1.38. The van der Waals surface area contributed by atoms with Crippen LogP contribution in [0.5, 0.6) is 11.5 Å². The predicted octanol–water partition coefficient (Wildman–Crippen LogP) is 5.10. The number of H-pyrrole nitrogens is 1. The minimum Gasteiger partial charge on any atom is -0.490 e. The molecule has 0 aliphatic carbocycles. The molecule has 1 N–H and O–H groups in total. The Hall–Kier alpha value is -2.93. The number of nitrogens with one attached hydrogen (secondary N) is 1. The van der Waals surface area contributed by atoms with Crippen molar-refractivity contribution in [1.29, 1.82) is 0 Å². The molecule has 0 aliphatic heterocycles. The molecular formula is C22H26N4O2S. The lowest BCUT2D eigenvalue weighted by Gasteiger charge is -2.19. The van der Waals surface area contributed by atoms with Gasteiger partial charge in [-0.15, -0.1) is 0 Å². The van der Waals surface area contributed by atoms with E-state index < -0.39 is 0 Å². The standard InChI is InChI=1S/C22H26N4O2S/c1-5-27-20-12-17(13-24-26-15-23-25-21(26)29)8-11-19(20)28-14-16-6-9-18(10-7-16)22(2,3)4/h6-13,15H,5,14H2,1-4H3,(H,25,29)/b24-13-. The summed E-state index contributed by atoms with van der Waals surface area (Å²) < 4.78 is 13.7. The van der Waals surface area contributed by atoms with Crippen molar-refractivity contribution >= 4 is 18.4 Å². The zero-order valence-electron chi connectivity index (χ0n) is 17.2. The van der Waals surface area contributed by atoms with Crippen molar-refractivity contribution in [3.63, 3.8) is 0 Å². The minimum atomic E-state index is 0.139. The van der Waals surface area contributed by atoms with Crippen LogP contribution in [0.15, 0.2) is 53.9 Å². The van der Waals surface area contributed by atoms with Crippen LogP contribution in [-0.4, -0.2) is 27.7 Å². The number of ether oxygens (including phenoxy) is 2. The van der Waals surface area contributed by atoms with Gasteiger partial charge in [0.1, 0.15) is 12.9 Å². The lowest BCUT2D eigenvalue weighted by atomic mass is 9.87. The van der Waals surface area contributed by atoms with E-state index in [2.05, 4.69) is 60.3 Å². The second-order valence-electron chi connectivity index (χ2n) is 7.63. The van der Waals surface area contributed by atoms with Crippen LogP contribution in [0.1, 0.15) is 44.4 Å². The molecule has 152 valence electrons. The molecule has 0 amide bonds. The highest BCUT2D eigenvalue weighted by Gasteiger charge is 2.13. The summed E-state index contributed by atoms with van der Waals surface area (Å²) in [6, 6.07) is 14.2. The minimum absolute atomic E-state index is 0.139. The van der Waals surface area contributed by atoms with Crippen molar-refractivity contribution in [1.82, 2.24) is 14.9 Å². The second kappa shape index (κ2) is 9.05. The molecule has 0 unspecified atom stereocenters. The van der Waals surface area contributed by atoms with Crippen molar-refractivity contribution in [3.05, 3.63) is 70.3 Å². The van der Waals surface area contributed by atoms with Gasteiger partial charge in [0, 0.05) is 0 Å². The maximum atomic E-state index is 6.02. The first-order chi connectivity index (χ1) is 13.9. The molecule has 29 heavy (non-hydrogen) atoms. The number of benzene rings is 2. The maximum Gasteiger partial charge on any atom is 0.216 e. The summed E-state index contributed by atoms with van der Waals surface area (Å²) in [4.78, 5) is 0. The van der Waals surface area contributed by atoms with E-state index >= 15 is 0 Å². The smallest absolute Gasteiger partial charge is 0.216 e. The maximum absolute atomic E-state index is 6.02. The fourth-order valence-electron chi connectivity index (χ4n) is 2.71. The van der Waals surface area contributed by atoms with Crippen LogP contribution in [0, 0.1) is 4.77 Å². The van der Waals surface area contributed by atoms with Crippen LogP contribution in [-0.2, 0) is 12.0 Å². The van der Waals surface area contributed by atoms with Crippen molar-refractivity contribution in [3.8, 4) is 11.5 Å². The molecule has 0 saturated heterocycles. The Morgan fingerprint density at radius 2 is 1.86 bits per heavy atom. The quantitative estimate of drug-likeness (QED) is 0.435. The Labute approximate surface area is 176 Å². The largest absolute Gasteiger partial charge is 0.490 e. The fourth-order valence-corrected chi connectivity index (χ4v) is 2.86. The van der Waals surface area contributed by atoms with Gasteiger partial charge in [-0.2, -0.15) is 14.9 Å². The summed E-state index contributed by atoms with van der Waals surface area (Å²) in [6.07, 6.45) is 3.22. The fraction of sp³-hybridized carbons (Fsp3) is 0.318. The zero-order chi connectivity index (χ0) is 20.9. The van der Waals surface area contributed by atoms with Crippen molar-refractivity contribution in [2.75, 3.05) is 6.61 Å². The van der Waals surface area contributed by atoms with Gasteiger partial charge in [0.15, 0.2) is 11.5 Å². The Balaban J connectivity index is 1.72. The lowest BCUT2D eigenvalue weighted by molar-refractivity contribution is 0.269. The van der Waals surface area contributed by atoms with Crippen molar-refractivity contribution in [2.24, 2.45) is 5.10 Å². The summed E-state index contributed by atoms with van der Waals surface area (Å²) >= 11 is 5.08. The molecule has 0 atom stereocenters. The van der Waals surface area contributed by atoms with Gasteiger partial charge in [-0.25, -0.2) is 0 Å². The lowest BCUT2D eigenvalue weighted by Crippen LogP contribution is -2.10. The number of nitrogens with zero attached hydrogens (tertiary/aromatic N) is 3. The molecule has 7 heteroatoms. The first-order valence-electron chi connectivity index (χ1n) is 9.52. The summed E-state index contributed by atoms with van der Waals surface area (Å²) in [5, 5.41) is 10.8. The first kappa shape index (κ1) is 20.8. The number of hydrogen-bond acceptors (Lipinski definition) is 5. The Kier molecular flexibility index (Phi) is 6.49. The normalized spacial score (nSPS) is 11.7.